The molecular formula is C12H17NO4S. The van der Waals surface area contributed by atoms with E-state index in [1.807, 2.05) is 0 Å². The summed E-state index contributed by atoms with van der Waals surface area (Å²) in [4.78, 5) is 45.7. The van der Waals surface area contributed by atoms with Gasteiger partial charge in [-0.2, -0.15) is 0 Å². The number of carbonyl (C=O) groups is 4. The normalized spacial score (nSPS) is 19.4. The summed E-state index contributed by atoms with van der Waals surface area (Å²) >= 11 is 1.36. The number of Topliss-reactive ketones (excluding diaryl/α,β-unsaturated/α-hetero) is 1. The van der Waals surface area contributed by atoms with E-state index >= 15 is 0 Å². The highest BCUT2D eigenvalue weighted by Crippen LogP contribution is 2.25. The number of hydrogen-bond acceptors (Lipinski definition) is 5. The number of unbranched alkanes of at least 4 members (excludes halogenated alkanes) is 1. The SMILES string of the molecule is CC(=O)CCSC1CC(=O)N(CCCC=O)C1=O. The van der Waals surface area contributed by atoms with Crippen molar-refractivity contribution in [3.05, 3.63) is 0 Å². The van der Waals surface area contributed by atoms with E-state index < -0.39 is 0 Å². The second kappa shape index (κ2) is 7.31. The lowest BCUT2D eigenvalue weighted by Crippen LogP contribution is -2.32. The van der Waals surface area contributed by atoms with Crippen LogP contribution in [0.1, 0.15) is 32.6 Å². The first-order valence-electron chi connectivity index (χ1n) is 5.95. The lowest BCUT2D eigenvalue weighted by Gasteiger charge is -2.13. The van der Waals surface area contributed by atoms with Crippen LogP contribution in [0.25, 0.3) is 0 Å². The molecule has 1 aliphatic rings. The molecule has 0 aromatic carbocycles. The fourth-order valence-electron chi connectivity index (χ4n) is 1.70. The number of imide groups is 1. The van der Waals surface area contributed by atoms with Crippen molar-refractivity contribution in [3.8, 4) is 0 Å². The van der Waals surface area contributed by atoms with E-state index in [0.717, 1.165) is 6.29 Å². The maximum Gasteiger partial charge on any atom is 0.242 e. The second-order valence-electron chi connectivity index (χ2n) is 4.21. The summed E-state index contributed by atoms with van der Waals surface area (Å²) in [5, 5.41) is -0.354. The first kappa shape index (κ1) is 14.9. The lowest BCUT2D eigenvalue weighted by atomic mass is 10.3. The van der Waals surface area contributed by atoms with Crippen LogP contribution in [0.3, 0.4) is 0 Å². The van der Waals surface area contributed by atoms with Crippen LogP contribution in [-0.2, 0) is 19.2 Å². The molecule has 0 spiro atoms. The molecule has 18 heavy (non-hydrogen) atoms. The van der Waals surface area contributed by atoms with Gasteiger partial charge < -0.3 is 4.79 Å². The van der Waals surface area contributed by atoms with Crippen molar-refractivity contribution in [2.45, 2.75) is 37.9 Å². The number of carbonyl (C=O) groups excluding carboxylic acids is 4. The van der Waals surface area contributed by atoms with E-state index in [-0.39, 0.29) is 29.3 Å². The summed E-state index contributed by atoms with van der Waals surface area (Å²) in [6, 6.07) is 0. The lowest BCUT2D eigenvalue weighted by molar-refractivity contribution is -0.138. The highest BCUT2D eigenvalue weighted by molar-refractivity contribution is 8.00. The standard InChI is InChI=1S/C12H17NO4S/c1-9(15)4-7-18-10-8-11(16)13(12(10)17)5-2-3-6-14/h6,10H,2-5,7-8H2,1H3. The molecule has 0 bridgehead atoms. The van der Waals surface area contributed by atoms with Gasteiger partial charge in [0.05, 0.1) is 5.25 Å². The summed E-state index contributed by atoms with van der Waals surface area (Å²) in [6.07, 6.45) is 2.30. The summed E-state index contributed by atoms with van der Waals surface area (Å²) < 4.78 is 0. The van der Waals surface area contributed by atoms with Gasteiger partial charge in [-0.25, -0.2) is 0 Å². The molecule has 5 nitrogen and oxygen atoms in total. The van der Waals surface area contributed by atoms with Gasteiger partial charge in [-0.1, -0.05) is 0 Å². The molecule has 1 rings (SSSR count). The van der Waals surface area contributed by atoms with Crippen LogP contribution in [0.15, 0.2) is 0 Å². The summed E-state index contributed by atoms with van der Waals surface area (Å²) in [5.41, 5.74) is 0. The van der Waals surface area contributed by atoms with E-state index in [9.17, 15) is 19.2 Å². The third-order valence-electron chi connectivity index (χ3n) is 2.68. The van der Waals surface area contributed by atoms with Crippen LogP contribution in [0.2, 0.25) is 0 Å². The summed E-state index contributed by atoms with van der Waals surface area (Å²) in [5.74, 6) is 0.300. The van der Waals surface area contributed by atoms with Gasteiger partial charge in [0.1, 0.15) is 12.1 Å². The number of hydrogen-bond donors (Lipinski definition) is 0. The minimum absolute atomic E-state index is 0.0853. The fourth-order valence-corrected chi connectivity index (χ4v) is 2.92. The Bertz CT molecular complexity index is 356. The predicted octanol–water partition coefficient (Wildman–Crippen LogP) is 0.805. The van der Waals surface area contributed by atoms with Crippen molar-refractivity contribution in [2.75, 3.05) is 12.3 Å². The van der Waals surface area contributed by atoms with Crippen LogP contribution in [0.5, 0.6) is 0 Å². The van der Waals surface area contributed by atoms with Crippen LogP contribution in [0.4, 0.5) is 0 Å². The fraction of sp³-hybridized carbons (Fsp3) is 0.667. The van der Waals surface area contributed by atoms with Crippen molar-refractivity contribution in [2.24, 2.45) is 0 Å². The topological polar surface area (TPSA) is 71.5 Å². The molecule has 1 saturated heterocycles. The maximum atomic E-state index is 11.9. The van der Waals surface area contributed by atoms with Gasteiger partial charge in [0, 0.05) is 31.6 Å². The zero-order valence-electron chi connectivity index (χ0n) is 10.4. The van der Waals surface area contributed by atoms with Gasteiger partial charge in [0.25, 0.3) is 0 Å². The molecular weight excluding hydrogens is 254 g/mol. The third kappa shape index (κ3) is 4.25. The molecule has 0 N–H and O–H groups in total. The molecule has 1 unspecified atom stereocenters. The van der Waals surface area contributed by atoms with Crippen LogP contribution in [-0.4, -0.2) is 46.3 Å². The maximum absolute atomic E-state index is 11.9. The van der Waals surface area contributed by atoms with Crippen LogP contribution in [0, 0.1) is 0 Å². The molecule has 100 valence electrons. The van der Waals surface area contributed by atoms with E-state index in [1.54, 1.807) is 0 Å². The van der Waals surface area contributed by atoms with Crippen LogP contribution < -0.4 is 0 Å². The zero-order chi connectivity index (χ0) is 13.5. The Labute approximate surface area is 110 Å². The number of amides is 2. The van der Waals surface area contributed by atoms with Gasteiger partial charge in [-0.15, -0.1) is 11.8 Å². The molecule has 1 heterocycles. The molecule has 0 radical (unpaired) electrons. The monoisotopic (exact) mass is 271 g/mol. The summed E-state index contributed by atoms with van der Waals surface area (Å²) in [6.45, 7) is 1.83. The van der Waals surface area contributed by atoms with Gasteiger partial charge in [0.15, 0.2) is 0 Å². The molecule has 1 atom stereocenters. The number of aldehydes is 1. The minimum atomic E-state index is -0.354. The first-order chi connectivity index (χ1) is 8.56. The van der Waals surface area contributed by atoms with Crippen molar-refractivity contribution < 1.29 is 19.2 Å². The van der Waals surface area contributed by atoms with E-state index in [4.69, 9.17) is 0 Å². The molecule has 0 aliphatic carbocycles. The van der Waals surface area contributed by atoms with Crippen molar-refractivity contribution in [3.63, 3.8) is 0 Å². The molecule has 0 saturated carbocycles. The Morgan fingerprint density at radius 3 is 2.83 bits per heavy atom. The Hall–Kier alpha value is -1.17. The predicted molar refractivity (Wildman–Crippen MR) is 68.2 cm³/mol. The van der Waals surface area contributed by atoms with Gasteiger partial charge >= 0.3 is 0 Å². The zero-order valence-corrected chi connectivity index (χ0v) is 11.2. The van der Waals surface area contributed by atoms with E-state index in [1.165, 1.54) is 23.6 Å². The number of rotatable bonds is 8. The highest BCUT2D eigenvalue weighted by atomic mass is 32.2. The highest BCUT2D eigenvalue weighted by Gasteiger charge is 2.38. The molecule has 0 aromatic heterocycles. The quantitative estimate of drug-likeness (QED) is 0.371. The first-order valence-corrected chi connectivity index (χ1v) is 7.00. The summed E-state index contributed by atoms with van der Waals surface area (Å²) in [7, 11) is 0. The second-order valence-corrected chi connectivity index (χ2v) is 5.52. The number of thioether (sulfide) groups is 1. The van der Waals surface area contributed by atoms with Crippen molar-refractivity contribution in [1.29, 1.82) is 0 Å². The van der Waals surface area contributed by atoms with Crippen molar-refractivity contribution >= 4 is 35.6 Å². The average Bonchev–Trinajstić information content (AvgIpc) is 2.56. The Kier molecular flexibility index (Phi) is 6.04. The molecule has 0 aromatic rings. The average molecular weight is 271 g/mol. The molecule has 2 amide bonds. The number of likely N-dealkylation sites (tertiary alicyclic amines) is 1. The van der Waals surface area contributed by atoms with Gasteiger partial charge in [-0.05, 0) is 13.3 Å². The van der Waals surface area contributed by atoms with Gasteiger partial charge in [0.2, 0.25) is 11.8 Å². The van der Waals surface area contributed by atoms with Crippen molar-refractivity contribution in [1.82, 2.24) is 4.90 Å². The molecule has 1 aliphatic heterocycles. The Morgan fingerprint density at radius 1 is 1.50 bits per heavy atom. The number of nitrogens with zero attached hydrogens (tertiary/aromatic N) is 1. The van der Waals surface area contributed by atoms with Gasteiger partial charge in [-0.3, -0.25) is 19.3 Å². The molecule has 1 fully saturated rings. The Balaban J connectivity index is 2.40. The molecule has 6 heteroatoms. The Morgan fingerprint density at radius 2 is 2.22 bits per heavy atom. The largest absolute Gasteiger partial charge is 0.303 e. The number of ketones is 1. The third-order valence-corrected chi connectivity index (χ3v) is 3.89. The van der Waals surface area contributed by atoms with E-state index in [0.29, 0.717) is 31.6 Å². The minimum Gasteiger partial charge on any atom is -0.303 e. The van der Waals surface area contributed by atoms with E-state index in [2.05, 4.69) is 0 Å². The van der Waals surface area contributed by atoms with Crippen LogP contribution >= 0.6 is 11.8 Å². The smallest absolute Gasteiger partial charge is 0.242 e.